The number of rotatable bonds is 0. The van der Waals surface area contributed by atoms with Crippen molar-refractivity contribution >= 4 is 5.78 Å². The molecule has 0 radical (unpaired) electrons. The van der Waals surface area contributed by atoms with Gasteiger partial charge >= 0.3 is 0 Å². The van der Waals surface area contributed by atoms with Gasteiger partial charge < -0.3 is 5.11 Å². The van der Waals surface area contributed by atoms with Crippen LogP contribution in [0.15, 0.2) is 12.1 Å². The number of fused-ring (bicyclic) bond motifs is 1. The van der Waals surface area contributed by atoms with Crippen LogP contribution in [0.4, 0.5) is 0 Å². The molecule has 0 saturated carbocycles. The third-order valence-electron chi connectivity index (χ3n) is 2.37. The second-order valence-corrected chi connectivity index (χ2v) is 3.19. The molecular weight excluding hydrogens is 176 g/mol. The molecule has 0 heterocycles. The van der Waals surface area contributed by atoms with Crippen LogP contribution in [0.2, 0.25) is 0 Å². The highest BCUT2D eigenvalue weighted by Gasteiger charge is 2.23. The third kappa shape index (κ3) is 1.65. The molecule has 0 amide bonds. The third-order valence-corrected chi connectivity index (χ3v) is 2.37. The Morgan fingerprint density at radius 2 is 1.86 bits per heavy atom. The van der Waals surface area contributed by atoms with Crippen LogP contribution in [-0.2, 0) is 6.42 Å². The van der Waals surface area contributed by atoms with Gasteiger partial charge in [0, 0.05) is 6.42 Å². The van der Waals surface area contributed by atoms with Gasteiger partial charge in [-0.15, -0.1) is 0 Å². The number of aryl methyl sites for hydroxylation is 2. The lowest BCUT2D eigenvalue weighted by molar-refractivity contribution is 0.0992. The van der Waals surface area contributed by atoms with E-state index < -0.39 is 0 Å². The van der Waals surface area contributed by atoms with Gasteiger partial charge in [0.25, 0.3) is 0 Å². The summed E-state index contributed by atoms with van der Waals surface area (Å²) in [5.41, 5.74) is 2.32. The molecule has 0 unspecified atom stereocenters. The Bertz CT molecular complexity index is 354. The van der Waals surface area contributed by atoms with Crippen molar-refractivity contribution < 1.29 is 9.90 Å². The first-order valence-electron chi connectivity index (χ1n) is 5.05. The molecule has 0 aliphatic heterocycles. The summed E-state index contributed by atoms with van der Waals surface area (Å²) in [4.78, 5) is 11.3. The number of Topliss-reactive ketones (excluding diaryl/α,β-unsaturated/α-hetero) is 1. The minimum absolute atomic E-state index is 0.0752. The Morgan fingerprint density at radius 3 is 2.50 bits per heavy atom. The van der Waals surface area contributed by atoms with Crippen molar-refractivity contribution in [1.82, 2.24) is 0 Å². The summed E-state index contributed by atoms with van der Waals surface area (Å²) < 4.78 is 0. The molecule has 1 aliphatic carbocycles. The fourth-order valence-electron chi connectivity index (χ4n) is 1.63. The zero-order chi connectivity index (χ0) is 10.7. The molecule has 0 fully saturated rings. The van der Waals surface area contributed by atoms with E-state index in [0.29, 0.717) is 12.0 Å². The average Bonchev–Trinajstić information content (AvgIpc) is 2.58. The van der Waals surface area contributed by atoms with Crippen molar-refractivity contribution in [2.75, 3.05) is 0 Å². The lowest BCUT2D eigenvalue weighted by Crippen LogP contribution is -1.93. The van der Waals surface area contributed by atoms with Crippen molar-refractivity contribution in [3.05, 3.63) is 28.8 Å². The zero-order valence-electron chi connectivity index (χ0n) is 8.92. The highest BCUT2D eigenvalue weighted by atomic mass is 16.3. The molecule has 0 spiro atoms. The van der Waals surface area contributed by atoms with Crippen molar-refractivity contribution in [2.24, 2.45) is 0 Å². The molecule has 1 aliphatic rings. The summed E-state index contributed by atoms with van der Waals surface area (Å²) in [6.07, 6.45) is 1.33. The first-order chi connectivity index (χ1) is 6.70. The number of aromatic hydroxyl groups is 1. The Morgan fingerprint density at radius 1 is 1.21 bits per heavy atom. The predicted octanol–water partition coefficient (Wildman–Crippen LogP) is 2.86. The lowest BCUT2D eigenvalue weighted by atomic mass is 10.1. The SMILES string of the molecule is CC.Cc1ccc2c(c1O)C(=O)CC2. The van der Waals surface area contributed by atoms with Crippen molar-refractivity contribution in [2.45, 2.75) is 33.6 Å². The van der Waals surface area contributed by atoms with E-state index in [4.69, 9.17) is 0 Å². The molecule has 0 atom stereocenters. The minimum atomic E-state index is 0.0752. The Balaban J connectivity index is 0.000000461. The summed E-state index contributed by atoms with van der Waals surface area (Å²) in [6, 6.07) is 3.78. The number of ketones is 1. The van der Waals surface area contributed by atoms with Gasteiger partial charge in [0.1, 0.15) is 5.75 Å². The van der Waals surface area contributed by atoms with Crippen LogP contribution < -0.4 is 0 Å². The van der Waals surface area contributed by atoms with Gasteiger partial charge in [-0.2, -0.15) is 0 Å². The monoisotopic (exact) mass is 192 g/mol. The first kappa shape index (κ1) is 10.8. The van der Waals surface area contributed by atoms with Crippen LogP contribution in [0.1, 0.15) is 41.8 Å². The number of benzene rings is 1. The van der Waals surface area contributed by atoms with E-state index in [-0.39, 0.29) is 11.5 Å². The molecule has 1 aromatic carbocycles. The minimum Gasteiger partial charge on any atom is -0.507 e. The molecule has 0 bridgehead atoms. The van der Waals surface area contributed by atoms with E-state index in [1.54, 1.807) is 6.92 Å². The highest BCUT2D eigenvalue weighted by molar-refractivity contribution is 6.03. The quantitative estimate of drug-likeness (QED) is 0.686. The second-order valence-electron chi connectivity index (χ2n) is 3.19. The molecule has 1 N–H and O–H groups in total. The highest BCUT2D eigenvalue weighted by Crippen LogP contribution is 2.32. The van der Waals surface area contributed by atoms with Gasteiger partial charge in [-0.05, 0) is 24.5 Å². The van der Waals surface area contributed by atoms with Crippen LogP contribution in [0, 0.1) is 6.92 Å². The molecule has 76 valence electrons. The number of phenolic OH excluding ortho intramolecular Hbond substituents is 1. The molecule has 2 nitrogen and oxygen atoms in total. The van der Waals surface area contributed by atoms with E-state index in [1.807, 2.05) is 26.0 Å². The van der Waals surface area contributed by atoms with Gasteiger partial charge in [-0.25, -0.2) is 0 Å². The molecule has 2 heteroatoms. The number of hydrogen-bond donors (Lipinski definition) is 1. The van der Waals surface area contributed by atoms with Crippen LogP contribution in [0.3, 0.4) is 0 Å². The lowest BCUT2D eigenvalue weighted by Gasteiger charge is -2.03. The Labute approximate surface area is 84.6 Å². The molecular formula is C12H16O2. The maximum Gasteiger partial charge on any atom is 0.167 e. The average molecular weight is 192 g/mol. The maximum absolute atomic E-state index is 11.3. The molecule has 0 saturated heterocycles. The summed E-state index contributed by atoms with van der Waals surface area (Å²) in [5.74, 6) is 0.251. The van der Waals surface area contributed by atoms with Crippen molar-refractivity contribution in [3.63, 3.8) is 0 Å². The zero-order valence-corrected chi connectivity index (χ0v) is 8.92. The molecule has 14 heavy (non-hydrogen) atoms. The van der Waals surface area contributed by atoms with E-state index in [2.05, 4.69) is 0 Å². The number of phenols is 1. The fraction of sp³-hybridized carbons (Fsp3) is 0.417. The maximum atomic E-state index is 11.3. The molecule has 1 aromatic rings. The molecule has 0 aromatic heterocycles. The Kier molecular flexibility index (Phi) is 3.28. The normalized spacial score (nSPS) is 13.2. The van der Waals surface area contributed by atoms with E-state index >= 15 is 0 Å². The van der Waals surface area contributed by atoms with Gasteiger partial charge in [0.05, 0.1) is 5.56 Å². The van der Waals surface area contributed by atoms with Gasteiger partial charge in [-0.1, -0.05) is 26.0 Å². The van der Waals surface area contributed by atoms with Gasteiger partial charge in [0.15, 0.2) is 5.78 Å². The van der Waals surface area contributed by atoms with Crippen LogP contribution in [-0.4, -0.2) is 10.9 Å². The van der Waals surface area contributed by atoms with Crippen molar-refractivity contribution in [3.8, 4) is 5.75 Å². The summed E-state index contributed by atoms with van der Waals surface area (Å²) in [7, 11) is 0. The van der Waals surface area contributed by atoms with E-state index in [0.717, 1.165) is 17.5 Å². The standard InChI is InChI=1S/C10H10O2.C2H6/c1-6-2-3-7-4-5-8(11)9(7)10(6)12;1-2/h2-3,12H,4-5H2,1H3;1-2H3. The summed E-state index contributed by atoms with van der Waals surface area (Å²) >= 11 is 0. The first-order valence-corrected chi connectivity index (χ1v) is 5.05. The predicted molar refractivity (Wildman–Crippen MR) is 56.8 cm³/mol. The van der Waals surface area contributed by atoms with E-state index in [9.17, 15) is 9.90 Å². The Hall–Kier alpha value is -1.31. The number of hydrogen-bond acceptors (Lipinski definition) is 2. The van der Waals surface area contributed by atoms with Crippen LogP contribution in [0.25, 0.3) is 0 Å². The topological polar surface area (TPSA) is 37.3 Å². The van der Waals surface area contributed by atoms with Gasteiger partial charge in [0.2, 0.25) is 0 Å². The summed E-state index contributed by atoms with van der Waals surface area (Å²) in [6.45, 7) is 5.81. The smallest absolute Gasteiger partial charge is 0.167 e. The number of carbonyl (C=O) groups is 1. The largest absolute Gasteiger partial charge is 0.507 e. The van der Waals surface area contributed by atoms with Crippen molar-refractivity contribution in [1.29, 1.82) is 0 Å². The van der Waals surface area contributed by atoms with Crippen LogP contribution >= 0.6 is 0 Å². The number of carbonyl (C=O) groups excluding carboxylic acids is 1. The van der Waals surface area contributed by atoms with Crippen LogP contribution in [0.5, 0.6) is 5.75 Å². The van der Waals surface area contributed by atoms with Gasteiger partial charge in [-0.3, -0.25) is 4.79 Å². The fourth-order valence-corrected chi connectivity index (χ4v) is 1.63. The molecule has 2 rings (SSSR count). The van der Waals surface area contributed by atoms with E-state index in [1.165, 1.54) is 0 Å². The second kappa shape index (κ2) is 4.27. The summed E-state index contributed by atoms with van der Waals surface area (Å²) in [5, 5.41) is 9.57.